The largest absolute Gasteiger partial charge is 0.493 e. The van der Waals surface area contributed by atoms with Crippen LogP contribution >= 0.6 is 0 Å². The molecule has 0 aliphatic heterocycles. The number of esters is 1. The molecule has 0 fully saturated rings. The summed E-state index contributed by atoms with van der Waals surface area (Å²) in [6, 6.07) is 6.88. The Balaban J connectivity index is 1.98. The van der Waals surface area contributed by atoms with Crippen LogP contribution in [0.5, 0.6) is 5.75 Å². The summed E-state index contributed by atoms with van der Waals surface area (Å²) in [7, 11) is 0. The molecule has 0 aliphatic carbocycles. The standard InChI is InChI=1S/C19H26N2O4/c1-12(2)11-23-15-9-7-14(8-10-15)17(22)24-13(3)16-20-18(21-25-16)19(4,5)6/h7-10,12-13H,11H2,1-6H3/t13-/m1/s1. The molecule has 0 saturated heterocycles. The maximum Gasteiger partial charge on any atom is 0.338 e. The minimum absolute atomic E-state index is 0.225. The molecule has 136 valence electrons. The van der Waals surface area contributed by atoms with E-state index in [2.05, 4.69) is 24.0 Å². The second kappa shape index (κ2) is 7.68. The number of hydrogen-bond acceptors (Lipinski definition) is 6. The summed E-state index contributed by atoms with van der Waals surface area (Å²) >= 11 is 0. The Kier molecular flexibility index (Phi) is 5.82. The normalized spacial score (nSPS) is 12.9. The number of carbonyl (C=O) groups is 1. The smallest absolute Gasteiger partial charge is 0.338 e. The molecule has 0 aliphatic rings. The van der Waals surface area contributed by atoms with Crippen LogP contribution in [0.1, 0.15) is 69.7 Å². The number of carbonyl (C=O) groups excluding carboxylic acids is 1. The van der Waals surface area contributed by atoms with Crippen LogP contribution in [0.2, 0.25) is 0 Å². The van der Waals surface area contributed by atoms with E-state index in [-0.39, 0.29) is 11.3 Å². The highest BCUT2D eigenvalue weighted by Gasteiger charge is 2.25. The van der Waals surface area contributed by atoms with E-state index in [9.17, 15) is 4.79 Å². The minimum atomic E-state index is -0.618. The Bertz CT molecular complexity index is 699. The summed E-state index contributed by atoms with van der Waals surface area (Å²) in [4.78, 5) is 16.6. The summed E-state index contributed by atoms with van der Waals surface area (Å²) in [5.74, 6) is 1.59. The van der Waals surface area contributed by atoms with Crippen LogP contribution in [-0.4, -0.2) is 22.7 Å². The molecule has 0 unspecified atom stereocenters. The Morgan fingerprint density at radius 2 is 1.80 bits per heavy atom. The van der Waals surface area contributed by atoms with Gasteiger partial charge >= 0.3 is 5.97 Å². The maximum absolute atomic E-state index is 12.3. The zero-order chi connectivity index (χ0) is 18.6. The van der Waals surface area contributed by atoms with Crippen molar-refractivity contribution in [1.82, 2.24) is 10.1 Å². The molecule has 6 nitrogen and oxygen atoms in total. The molecule has 0 amide bonds. The summed E-state index contributed by atoms with van der Waals surface area (Å²) in [5, 5.41) is 3.94. The van der Waals surface area contributed by atoms with E-state index in [0.717, 1.165) is 5.75 Å². The lowest BCUT2D eigenvalue weighted by molar-refractivity contribution is 0.0265. The van der Waals surface area contributed by atoms with Crippen LogP contribution in [0.3, 0.4) is 0 Å². The van der Waals surface area contributed by atoms with E-state index in [1.807, 2.05) is 20.8 Å². The van der Waals surface area contributed by atoms with E-state index in [1.54, 1.807) is 31.2 Å². The van der Waals surface area contributed by atoms with Gasteiger partial charge in [0.05, 0.1) is 12.2 Å². The molecule has 2 rings (SSSR count). The third kappa shape index (κ3) is 5.31. The zero-order valence-electron chi connectivity index (χ0n) is 15.7. The van der Waals surface area contributed by atoms with Crippen LogP contribution in [0.15, 0.2) is 28.8 Å². The van der Waals surface area contributed by atoms with Crippen molar-refractivity contribution in [1.29, 1.82) is 0 Å². The number of hydrogen-bond donors (Lipinski definition) is 0. The van der Waals surface area contributed by atoms with Gasteiger partial charge in [0.2, 0.25) is 0 Å². The van der Waals surface area contributed by atoms with Gasteiger partial charge in [-0.1, -0.05) is 39.8 Å². The summed E-state index contributed by atoms with van der Waals surface area (Å²) < 4.78 is 16.2. The molecular weight excluding hydrogens is 320 g/mol. The van der Waals surface area contributed by atoms with Crippen molar-refractivity contribution < 1.29 is 18.8 Å². The van der Waals surface area contributed by atoms with Gasteiger partial charge in [-0.25, -0.2) is 4.79 Å². The minimum Gasteiger partial charge on any atom is -0.493 e. The van der Waals surface area contributed by atoms with Crippen molar-refractivity contribution in [3.05, 3.63) is 41.5 Å². The van der Waals surface area contributed by atoms with E-state index >= 15 is 0 Å². The lowest BCUT2D eigenvalue weighted by atomic mass is 9.96. The average Bonchev–Trinajstić information content (AvgIpc) is 3.03. The molecular formula is C19H26N2O4. The van der Waals surface area contributed by atoms with Gasteiger partial charge in [-0.3, -0.25) is 0 Å². The molecule has 1 heterocycles. The van der Waals surface area contributed by atoms with Gasteiger partial charge in [0.15, 0.2) is 11.9 Å². The van der Waals surface area contributed by atoms with Crippen molar-refractivity contribution in [3.63, 3.8) is 0 Å². The molecule has 0 N–H and O–H groups in total. The Morgan fingerprint density at radius 3 is 2.32 bits per heavy atom. The summed E-state index contributed by atoms with van der Waals surface area (Å²) in [6.07, 6.45) is -0.618. The summed E-state index contributed by atoms with van der Waals surface area (Å²) in [6.45, 7) is 12.5. The first-order chi connectivity index (χ1) is 11.7. The Labute approximate surface area is 148 Å². The third-order valence-corrected chi connectivity index (χ3v) is 3.42. The highest BCUT2D eigenvalue weighted by molar-refractivity contribution is 5.89. The SMILES string of the molecule is CC(C)COc1ccc(C(=O)O[C@H](C)c2nc(C(C)(C)C)no2)cc1. The van der Waals surface area contributed by atoms with Gasteiger partial charge < -0.3 is 14.0 Å². The quantitative estimate of drug-likeness (QED) is 0.725. The number of benzene rings is 1. The van der Waals surface area contributed by atoms with Gasteiger partial charge in [0.1, 0.15) is 5.75 Å². The predicted molar refractivity (Wildman–Crippen MR) is 93.6 cm³/mol. The molecule has 1 atom stereocenters. The highest BCUT2D eigenvalue weighted by Crippen LogP contribution is 2.23. The molecule has 0 radical (unpaired) electrons. The maximum atomic E-state index is 12.3. The fraction of sp³-hybridized carbons (Fsp3) is 0.526. The van der Waals surface area contributed by atoms with Crippen LogP contribution < -0.4 is 4.74 Å². The van der Waals surface area contributed by atoms with E-state index in [1.165, 1.54) is 0 Å². The third-order valence-electron chi connectivity index (χ3n) is 3.42. The molecule has 0 saturated carbocycles. The second-order valence-electron chi connectivity index (χ2n) is 7.48. The van der Waals surface area contributed by atoms with Gasteiger partial charge in [0, 0.05) is 5.41 Å². The van der Waals surface area contributed by atoms with Gasteiger partial charge in [0.25, 0.3) is 5.89 Å². The van der Waals surface area contributed by atoms with Gasteiger partial charge in [-0.15, -0.1) is 0 Å². The Hall–Kier alpha value is -2.37. The van der Waals surface area contributed by atoms with Crippen molar-refractivity contribution >= 4 is 5.97 Å². The second-order valence-corrected chi connectivity index (χ2v) is 7.48. The topological polar surface area (TPSA) is 74.5 Å². The first-order valence-electron chi connectivity index (χ1n) is 8.44. The van der Waals surface area contributed by atoms with E-state index < -0.39 is 12.1 Å². The lowest BCUT2D eigenvalue weighted by Gasteiger charge is -2.12. The Morgan fingerprint density at radius 1 is 1.16 bits per heavy atom. The van der Waals surface area contributed by atoms with Crippen molar-refractivity contribution in [2.75, 3.05) is 6.61 Å². The van der Waals surface area contributed by atoms with Crippen LogP contribution in [0.4, 0.5) is 0 Å². The number of nitrogens with zero attached hydrogens (tertiary/aromatic N) is 2. The van der Waals surface area contributed by atoms with Crippen LogP contribution in [0.25, 0.3) is 0 Å². The molecule has 2 aromatic rings. The number of ether oxygens (including phenoxy) is 2. The molecule has 25 heavy (non-hydrogen) atoms. The van der Waals surface area contributed by atoms with Crippen molar-refractivity contribution in [2.24, 2.45) is 5.92 Å². The lowest BCUT2D eigenvalue weighted by Crippen LogP contribution is -2.14. The predicted octanol–water partition coefficient (Wildman–Crippen LogP) is 4.32. The van der Waals surface area contributed by atoms with Crippen molar-refractivity contribution in [2.45, 2.75) is 53.1 Å². The first kappa shape index (κ1) is 19.0. The fourth-order valence-corrected chi connectivity index (χ4v) is 1.93. The van der Waals surface area contributed by atoms with Crippen molar-refractivity contribution in [3.8, 4) is 5.75 Å². The van der Waals surface area contributed by atoms with E-state index in [0.29, 0.717) is 23.9 Å². The first-order valence-corrected chi connectivity index (χ1v) is 8.44. The van der Waals surface area contributed by atoms with Crippen LogP contribution in [0, 0.1) is 5.92 Å². The monoisotopic (exact) mass is 346 g/mol. The molecule has 1 aromatic carbocycles. The number of rotatable bonds is 6. The summed E-state index contributed by atoms with van der Waals surface area (Å²) in [5.41, 5.74) is 0.219. The molecule has 6 heteroatoms. The van der Waals surface area contributed by atoms with Gasteiger partial charge in [-0.05, 0) is 37.1 Å². The zero-order valence-corrected chi connectivity index (χ0v) is 15.7. The molecule has 0 bridgehead atoms. The number of aromatic nitrogens is 2. The molecule has 1 aromatic heterocycles. The van der Waals surface area contributed by atoms with Gasteiger partial charge in [-0.2, -0.15) is 4.98 Å². The fourth-order valence-electron chi connectivity index (χ4n) is 1.93. The average molecular weight is 346 g/mol. The van der Waals surface area contributed by atoms with E-state index in [4.69, 9.17) is 14.0 Å². The highest BCUT2D eigenvalue weighted by atomic mass is 16.6. The molecule has 0 spiro atoms. The van der Waals surface area contributed by atoms with Crippen LogP contribution in [-0.2, 0) is 10.2 Å².